The molecular weight excluding hydrogens is 232 g/mol. The highest BCUT2D eigenvalue weighted by atomic mass is 16.5. The number of nitrogens with two attached hydrogens (primary N) is 1. The molecule has 0 heterocycles. The quantitative estimate of drug-likeness (QED) is 0.753. The molecule has 5 heteroatoms. The zero-order valence-electron chi connectivity index (χ0n) is 11.2. The molecule has 18 heavy (non-hydrogen) atoms. The van der Waals surface area contributed by atoms with Crippen LogP contribution in [-0.2, 0) is 0 Å². The molecule has 0 aromatic heterocycles. The maximum Gasteiger partial charge on any atom is 0.255 e. The van der Waals surface area contributed by atoms with Crippen LogP contribution in [-0.4, -0.2) is 29.7 Å². The van der Waals surface area contributed by atoms with Gasteiger partial charge < -0.3 is 20.9 Å². The number of carbonyl (C=O) groups excluding carboxylic acids is 1. The molecule has 100 valence electrons. The molecule has 0 bridgehead atoms. The van der Waals surface area contributed by atoms with Gasteiger partial charge in [-0.1, -0.05) is 0 Å². The molecule has 0 aliphatic carbocycles. The Balaban J connectivity index is 2.97. The second-order valence-electron chi connectivity index (χ2n) is 4.85. The van der Waals surface area contributed by atoms with Crippen LogP contribution in [0.4, 0.5) is 0 Å². The summed E-state index contributed by atoms with van der Waals surface area (Å²) in [5, 5.41) is 12.5. The van der Waals surface area contributed by atoms with Crippen LogP contribution >= 0.6 is 0 Å². The van der Waals surface area contributed by atoms with Crippen molar-refractivity contribution in [1.29, 1.82) is 0 Å². The molecule has 0 saturated heterocycles. The van der Waals surface area contributed by atoms with Gasteiger partial charge >= 0.3 is 0 Å². The van der Waals surface area contributed by atoms with Crippen LogP contribution in [0.5, 0.6) is 11.5 Å². The molecule has 1 aromatic rings. The fraction of sp³-hybridized carbons (Fsp3) is 0.462. The van der Waals surface area contributed by atoms with Crippen molar-refractivity contribution in [2.24, 2.45) is 5.73 Å². The minimum atomic E-state index is -0.563. The van der Waals surface area contributed by atoms with Gasteiger partial charge in [0.25, 0.3) is 5.91 Å². The first-order chi connectivity index (χ1) is 8.27. The van der Waals surface area contributed by atoms with Crippen LogP contribution in [0.25, 0.3) is 0 Å². The zero-order valence-corrected chi connectivity index (χ0v) is 11.2. The van der Waals surface area contributed by atoms with Crippen LogP contribution in [0.3, 0.4) is 0 Å². The lowest BCUT2D eigenvalue weighted by molar-refractivity contribution is 0.0900. The first kappa shape index (κ1) is 14.3. The van der Waals surface area contributed by atoms with E-state index in [-0.39, 0.29) is 23.3 Å². The van der Waals surface area contributed by atoms with Crippen molar-refractivity contribution >= 4 is 5.91 Å². The molecule has 0 aliphatic heterocycles. The molecule has 1 unspecified atom stereocenters. The highest BCUT2D eigenvalue weighted by molar-refractivity contribution is 5.97. The number of phenols is 1. The van der Waals surface area contributed by atoms with Crippen molar-refractivity contribution in [3.8, 4) is 11.5 Å². The average Bonchev–Trinajstić information content (AvgIpc) is 2.28. The minimum Gasteiger partial charge on any atom is -0.507 e. The van der Waals surface area contributed by atoms with Crippen LogP contribution in [0.1, 0.15) is 31.1 Å². The van der Waals surface area contributed by atoms with E-state index in [1.807, 2.05) is 20.8 Å². The van der Waals surface area contributed by atoms with Gasteiger partial charge in [-0.15, -0.1) is 0 Å². The van der Waals surface area contributed by atoms with Crippen molar-refractivity contribution in [3.05, 3.63) is 23.8 Å². The number of nitrogens with one attached hydrogen (secondary N) is 1. The number of ether oxygens (including phenoxy) is 1. The number of amides is 1. The van der Waals surface area contributed by atoms with Crippen LogP contribution in [0.2, 0.25) is 0 Å². The number of phenolic OH excluding ortho intramolecular Hbond substituents is 1. The van der Waals surface area contributed by atoms with E-state index in [0.717, 1.165) is 0 Å². The summed E-state index contributed by atoms with van der Waals surface area (Å²) in [5.74, 6) is 0.0408. The zero-order chi connectivity index (χ0) is 13.9. The molecule has 4 N–H and O–H groups in total. The van der Waals surface area contributed by atoms with E-state index in [9.17, 15) is 9.90 Å². The van der Waals surface area contributed by atoms with E-state index >= 15 is 0 Å². The van der Waals surface area contributed by atoms with Gasteiger partial charge in [0.15, 0.2) is 0 Å². The van der Waals surface area contributed by atoms with Gasteiger partial charge in [0, 0.05) is 11.6 Å². The topological polar surface area (TPSA) is 84.6 Å². The fourth-order valence-electron chi connectivity index (χ4n) is 1.30. The number of carbonyl (C=O) groups is 1. The molecule has 1 aromatic carbocycles. The SMILES string of the molecule is COc1ccc(O)c(C(=O)NC(C)(C)C(C)N)c1. The molecule has 0 spiro atoms. The van der Waals surface area contributed by atoms with E-state index in [1.165, 1.54) is 19.2 Å². The molecular formula is C13H20N2O3. The Morgan fingerprint density at radius 3 is 2.61 bits per heavy atom. The van der Waals surface area contributed by atoms with E-state index in [2.05, 4.69) is 5.32 Å². The van der Waals surface area contributed by atoms with Crippen molar-refractivity contribution in [2.75, 3.05) is 7.11 Å². The number of benzene rings is 1. The lowest BCUT2D eigenvalue weighted by Crippen LogP contribution is -2.54. The third kappa shape index (κ3) is 3.13. The Kier molecular flexibility index (Phi) is 4.19. The van der Waals surface area contributed by atoms with Gasteiger partial charge in [-0.25, -0.2) is 0 Å². The lowest BCUT2D eigenvalue weighted by atomic mass is 9.96. The first-order valence-electron chi connectivity index (χ1n) is 5.73. The van der Waals surface area contributed by atoms with Crippen LogP contribution < -0.4 is 15.8 Å². The summed E-state index contributed by atoms with van der Waals surface area (Å²) >= 11 is 0. The molecule has 0 aliphatic rings. The second-order valence-corrected chi connectivity index (χ2v) is 4.85. The van der Waals surface area contributed by atoms with E-state index in [1.54, 1.807) is 6.07 Å². The fourth-order valence-corrected chi connectivity index (χ4v) is 1.30. The molecule has 0 saturated carbocycles. The van der Waals surface area contributed by atoms with Crippen molar-refractivity contribution in [3.63, 3.8) is 0 Å². The molecule has 1 atom stereocenters. The van der Waals surface area contributed by atoms with Gasteiger partial charge in [0.05, 0.1) is 12.7 Å². The van der Waals surface area contributed by atoms with Gasteiger partial charge in [-0.2, -0.15) is 0 Å². The monoisotopic (exact) mass is 252 g/mol. The average molecular weight is 252 g/mol. The highest BCUT2D eigenvalue weighted by Crippen LogP contribution is 2.23. The Bertz CT molecular complexity index is 442. The number of aromatic hydroxyl groups is 1. The minimum absolute atomic E-state index is 0.0891. The highest BCUT2D eigenvalue weighted by Gasteiger charge is 2.26. The molecule has 1 amide bonds. The van der Waals surface area contributed by atoms with Crippen molar-refractivity contribution in [1.82, 2.24) is 5.32 Å². The summed E-state index contributed by atoms with van der Waals surface area (Å²) in [5.41, 5.74) is 5.40. The standard InChI is InChI=1S/C13H20N2O3/c1-8(14)13(2,3)15-12(17)10-7-9(18-4)5-6-11(10)16/h5-8,16H,14H2,1-4H3,(H,15,17). The largest absolute Gasteiger partial charge is 0.507 e. The third-order valence-corrected chi connectivity index (χ3v) is 3.02. The van der Waals surface area contributed by atoms with Crippen LogP contribution in [0.15, 0.2) is 18.2 Å². The summed E-state index contributed by atoms with van der Waals surface area (Å²) < 4.78 is 5.02. The maximum absolute atomic E-state index is 12.1. The normalized spacial score (nSPS) is 12.9. The number of hydrogen-bond donors (Lipinski definition) is 3. The van der Waals surface area contributed by atoms with Gasteiger partial charge in [0.2, 0.25) is 0 Å². The predicted octanol–water partition coefficient (Wildman–Crippen LogP) is 1.26. The Labute approximate surface area is 107 Å². The van der Waals surface area contributed by atoms with Crippen molar-refractivity contribution < 1.29 is 14.6 Å². The molecule has 0 fully saturated rings. The summed E-state index contributed by atoms with van der Waals surface area (Å²) in [7, 11) is 1.50. The van der Waals surface area contributed by atoms with E-state index in [4.69, 9.17) is 10.5 Å². The van der Waals surface area contributed by atoms with Crippen molar-refractivity contribution in [2.45, 2.75) is 32.4 Å². The predicted molar refractivity (Wildman–Crippen MR) is 69.9 cm³/mol. The van der Waals surface area contributed by atoms with Crippen LogP contribution in [0, 0.1) is 0 Å². The van der Waals surface area contributed by atoms with Gasteiger partial charge in [-0.05, 0) is 39.0 Å². The summed E-state index contributed by atoms with van der Waals surface area (Å²) in [4.78, 5) is 12.1. The number of methoxy groups -OCH3 is 1. The number of hydrogen-bond acceptors (Lipinski definition) is 4. The third-order valence-electron chi connectivity index (χ3n) is 3.02. The molecule has 1 rings (SSSR count). The summed E-state index contributed by atoms with van der Waals surface area (Å²) in [6, 6.07) is 4.28. The summed E-state index contributed by atoms with van der Waals surface area (Å²) in [6.45, 7) is 5.46. The van der Waals surface area contributed by atoms with Gasteiger partial charge in [0.1, 0.15) is 11.5 Å². The second kappa shape index (κ2) is 5.27. The van der Waals surface area contributed by atoms with Gasteiger partial charge in [-0.3, -0.25) is 4.79 Å². The smallest absolute Gasteiger partial charge is 0.255 e. The van der Waals surface area contributed by atoms with E-state index in [0.29, 0.717) is 5.75 Å². The Morgan fingerprint density at radius 1 is 1.50 bits per heavy atom. The summed E-state index contributed by atoms with van der Waals surface area (Å²) in [6.07, 6.45) is 0. The Hall–Kier alpha value is -1.75. The maximum atomic E-state index is 12.1. The Morgan fingerprint density at radius 2 is 2.11 bits per heavy atom. The molecule has 0 radical (unpaired) electrons. The first-order valence-corrected chi connectivity index (χ1v) is 5.73. The van der Waals surface area contributed by atoms with E-state index < -0.39 is 5.54 Å². The molecule has 5 nitrogen and oxygen atoms in total. The lowest BCUT2D eigenvalue weighted by Gasteiger charge is -2.30. The number of rotatable bonds is 4.